The average Bonchev–Trinajstić information content (AvgIpc) is 3.17. The molecule has 1 unspecified atom stereocenters. The highest BCUT2D eigenvalue weighted by molar-refractivity contribution is 6.36. The van der Waals surface area contributed by atoms with E-state index in [4.69, 9.17) is 34.8 Å². The molecule has 0 spiro atoms. The van der Waals surface area contributed by atoms with E-state index in [9.17, 15) is 4.79 Å². The minimum absolute atomic E-state index is 0.215. The molecule has 27 heavy (non-hydrogen) atoms. The molecule has 0 saturated heterocycles. The third-order valence-electron chi connectivity index (χ3n) is 4.27. The third kappa shape index (κ3) is 4.13. The fourth-order valence-corrected chi connectivity index (χ4v) is 3.38. The molecule has 6 nitrogen and oxygen atoms in total. The van der Waals surface area contributed by atoms with Crippen molar-refractivity contribution in [3.63, 3.8) is 0 Å². The second-order valence-electron chi connectivity index (χ2n) is 6.22. The highest BCUT2D eigenvalue weighted by Crippen LogP contribution is 2.26. The van der Waals surface area contributed by atoms with E-state index in [-0.39, 0.29) is 5.91 Å². The zero-order valence-electron chi connectivity index (χ0n) is 15.0. The molecule has 9 heteroatoms. The van der Waals surface area contributed by atoms with Crippen molar-refractivity contribution in [3.05, 3.63) is 62.6 Å². The predicted octanol–water partition coefficient (Wildman–Crippen LogP) is 4.90. The first-order chi connectivity index (χ1) is 12.8. The van der Waals surface area contributed by atoms with Crippen molar-refractivity contribution in [3.8, 4) is 0 Å². The summed E-state index contributed by atoms with van der Waals surface area (Å²) in [6.45, 7) is 5.80. The first kappa shape index (κ1) is 19.7. The van der Waals surface area contributed by atoms with Crippen molar-refractivity contribution < 1.29 is 4.79 Å². The predicted molar refractivity (Wildman–Crippen MR) is 108 cm³/mol. The lowest BCUT2D eigenvalue weighted by molar-refractivity contribution is -0.119. The van der Waals surface area contributed by atoms with E-state index in [1.807, 2.05) is 6.92 Å². The largest absolute Gasteiger partial charge is 0.322 e. The maximum absolute atomic E-state index is 12.6. The van der Waals surface area contributed by atoms with Crippen LogP contribution in [0.2, 0.25) is 15.1 Å². The van der Waals surface area contributed by atoms with Crippen LogP contribution < -0.4 is 5.32 Å². The van der Waals surface area contributed by atoms with Crippen LogP contribution in [0.1, 0.15) is 29.9 Å². The van der Waals surface area contributed by atoms with Gasteiger partial charge in [-0.25, -0.2) is 0 Å². The first-order valence-corrected chi connectivity index (χ1v) is 9.38. The minimum Gasteiger partial charge on any atom is -0.322 e. The summed E-state index contributed by atoms with van der Waals surface area (Å²) in [5, 5.41) is 13.1. The molecule has 1 amide bonds. The molecule has 1 atom stereocenters. The number of carbonyl (C=O) groups excluding carboxylic acids is 1. The number of amides is 1. The van der Waals surface area contributed by atoms with E-state index in [2.05, 4.69) is 15.5 Å². The molecule has 0 aliphatic heterocycles. The van der Waals surface area contributed by atoms with E-state index >= 15 is 0 Å². The smallest absolute Gasteiger partial charge is 0.249 e. The number of aromatic nitrogens is 4. The molecule has 0 aliphatic carbocycles. The van der Waals surface area contributed by atoms with Gasteiger partial charge >= 0.3 is 0 Å². The maximum atomic E-state index is 12.6. The molecule has 1 N–H and O–H groups in total. The Kier molecular flexibility index (Phi) is 5.79. The van der Waals surface area contributed by atoms with Gasteiger partial charge in [-0.05, 0) is 32.9 Å². The van der Waals surface area contributed by atoms with Gasteiger partial charge in [0.25, 0.3) is 0 Å². The van der Waals surface area contributed by atoms with Gasteiger partial charge in [-0.1, -0.05) is 40.9 Å². The van der Waals surface area contributed by atoms with Crippen LogP contribution in [0.3, 0.4) is 0 Å². The summed E-state index contributed by atoms with van der Waals surface area (Å²) in [4.78, 5) is 12.6. The Balaban J connectivity index is 1.72. The summed E-state index contributed by atoms with van der Waals surface area (Å²) >= 11 is 18.6. The van der Waals surface area contributed by atoms with Crippen molar-refractivity contribution in [2.24, 2.45) is 0 Å². The lowest BCUT2D eigenvalue weighted by atomic mass is 10.2. The molecule has 0 radical (unpaired) electrons. The van der Waals surface area contributed by atoms with Gasteiger partial charge in [-0.2, -0.15) is 10.2 Å². The van der Waals surface area contributed by atoms with E-state index in [0.29, 0.717) is 33.0 Å². The molecular weight excluding hydrogens is 409 g/mol. The minimum atomic E-state index is -0.516. The van der Waals surface area contributed by atoms with E-state index in [1.165, 1.54) is 0 Å². The summed E-state index contributed by atoms with van der Waals surface area (Å²) in [5.74, 6) is -0.215. The molecule has 2 aromatic heterocycles. The van der Waals surface area contributed by atoms with Gasteiger partial charge in [0.15, 0.2) is 0 Å². The van der Waals surface area contributed by atoms with Crippen molar-refractivity contribution in [2.45, 2.75) is 33.4 Å². The molecule has 3 aromatic rings. The van der Waals surface area contributed by atoms with Crippen LogP contribution in [-0.4, -0.2) is 25.5 Å². The van der Waals surface area contributed by atoms with Gasteiger partial charge in [0.05, 0.1) is 34.8 Å². The van der Waals surface area contributed by atoms with Crippen LogP contribution in [0.25, 0.3) is 0 Å². The van der Waals surface area contributed by atoms with E-state index < -0.39 is 6.04 Å². The van der Waals surface area contributed by atoms with Crippen LogP contribution in [0.15, 0.2) is 30.6 Å². The number of nitrogens with one attached hydrogen (secondary N) is 1. The zero-order valence-corrected chi connectivity index (χ0v) is 17.3. The summed E-state index contributed by atoms with van der Waals surface area (Å²) < 4.78 is 3.27. The van der Waals surface area contributed by atoms with Gasteiger partial charge in [0.2, 0.25) is 5.91 Å². The van der Waals surface area contributed by atoms with Crippen molar-refractivity contribution in [1.82, 2.24) is 19.6 Å². The van der Waals surface area contributed by atoms with Crippen molar-refractivity contribution in [2.75, 3.05) is 5.32 Å². The van der Waals surface area contributed by atoms with Gasteiger partial charge in [0, 0.05) is 21.8 Å². The number of halogens is 3. The molecule has 3 rings (SSSR count). The lowest BCUT2D eigenvalue weighted by Crippen LogP contribution is -2.25. The number of hydrogen-bond acceptors (Lipinski definition) is 3. The van der Waals surface area contributed by atoms with Gasteiger partial charge < -0.3 is 5.32 Å². The van der Waals surface area contributed by atoms with Gasteiger partial charge in [0.1, 0.15) is 6.04 Å². The molecule has 2 heterocycles. The standard InChI is InChI=1S/C18H18Cl3N5O/c1-10-17(21)11(2)26(24-10)12(3)18(27)23-13-7-22-25(8-13)9-14-15(19)5-4-6-16(14)20/h4-8,12H,9H2,1-3H3,(H,23,27). The van der Waals surface area contributed by atoms with Crippen molar-refractivity contribution in [1.29, 1.82) is 0 Å². The van der Waals surface area contributed by atoms with Crippen molar-refractivity contribution >= 4 is 46.4 Å². The number of carbonyl (C=O) groups is 1. The van der Waals surface area contributed by atoms with Gasteiger partial charge in [-0.15, -0.1) is 0 Å². The Hall–Kier alpha value is -2.02. The quantitative estimate of drug-likeness (QED) is 0.631. The summed E-state index contributed by atoms with van der Waals surface area (Å²) in [7, 11) is 0. The normalized spacial score (nSPS) is 12.2. The Morgan fingerprint density at radius 2 is 1.89 bits per heavy atom. The molecule has 0 saturated carbocycles. The Labute approximate surface area is 172 Å². The van der Waals surface area contributed by atoms with Crippen LogP contribution in [0, 0.1) is 13.8 Å². The number of rotatable bonds is 5. The number of anilines is 1. The fourth-order valence-electron chi connectivity index (χ4n) is 2.74. The molecule has 0 bridgehead atoms. The fraction of sp³-hybridized carbons (Fsp3) is 0.278. The highest BCUT2D eigenvalue weighted by atomic mass is 35.5. The van der Waals surface area contributed by atoms with Crippen LogP contribution in [0.5, 0.6) is 0 Å². The first-order valence-electron chi connectivity index (χ1n) is 8.25. The van der Waals surface area contributed by atoms with Crippen LogP contribution in [0.4, 0.5) is 5.69 Å². The number of nitrogens with zero attached hydrogens (tertiary/aromatic N) is 4. The topological polar surface area (TPSA) is 64.7 Å². The SMILES string of the molecule is Cc1nn(C(C)C(=O)Nc2cnn(Cc3c(Cl)cccc3Cl)c2)c(C)c1Cl. The number of aryl methyl sites for hydroxylation is 1. The van der Waals surface area contributed by atoms with E-state index in [0.717, 1.165) is 11.3 Å². The Morgan fingerprint density at radius 3 is 2.48 bits per heavy atom. The Bertz CT molecular complexity index is 975. The molecule has 0 fully saturated rings. The Morgan fingerprint density at radius 1 is 1.22 bits per heavy atom. The highest BCUT2D eigenvalue weighted by Gasteiger charge is 2.21. The van der Waals surface area contributed by atoms with Crippen LogP contribution in [-0.2, 0) is 11.3 Å². The second-order valence-corrected chi connectivity index (χ2v) is 7.41. The van der Waals surface area contributed by atoms with E-state index in [1.54, 1.807) is 53.8 Å². The number of hydrogen-bond donors (Lipinski definition) is 1. The zero-order chi connectivity index (χ0) is 19.7. The number of benzene rings is 1. The molecule has 142 valence electrons. The molecule has 0 aliphatic rings. The third-order valence-corrected chi connectivity index (χ3v) is 5.52. The lowest BCUT2D eigenvalue weighted by Gasteiger charge is -2.13. The average molecular weight is 427 g/mol. The van der Waals surface area contributed by atoms with Crippen LogP contribution >= 0.6 is 34.8 Å². The molecule has 1 aromatic carbocycles. The van der Waals surface area contributed by atoms with Gasteiger partial charge in [-0.3, -0.25) is 14.2 Å². The summed E-state index contributed by atoms with van der Waals surface area (Å²) in [5.41, 5.74) is 2.79. The summed E-state index contributed by atoms with van der Waals surface area (Å²) in [6.07, 6.45) is 3.29. The second kappa shape index (κ2) is 7.92. The monoisotopic (exact) mass is 425 g/mol. The maximum Gasteiger partial charge on any atom is 0.249 e. The summed E-state index contributed by atoms with van der Waals surface area (Å²) in [6, 6.07) is 4.82. The molecular formula is C18H18Cl3N5O.